The first kappa shape index (κ1) is 20.1. The highest BCUT2D eigenvalue weighted by Crippen LogP contribution is 2.18. The first-order valence-electron chi connectivity index (χ1n) is 9.40. The molecule has 28 heavy (non-hydrogen) atoms. The molecule has 3 aromatic rings. The quantitative estimate of drug-likeness (QED) is 0.518. The average molecular weight is 396 g/mol. The largest absolute Gasteiger partial charge is 0.337 e. The molecule has 6 nitrogen and oxygen atoms in total. The van der Waals surface area contributed by atoms with Gasteiger partial charge in [0.25, 0.3) is 0 Å². The summed E-state index contributed by atoms with van der Waals surface area (Å²) < 4.78 is 1.74. The molecule has 0 fully saturated rings. The number of carbonyl (C=O) groups excluding carboxylic acids is 1. The van der Waals surface area contributed by atoms with E-state index in [4.69, 9.17) is 0 Å². The summed E-state index contributed by atoms with van der Waals surface area (Å²) in [7, 11) is 0. The molecule has 0 aliphatic heterocycles. The Morgan fingerprint density at radius 3 is 2.32 bits per heavy atom. The second-order valence-electron chi connectivity index (χ2n) is 6.82. The maximum Gasteiger partial charge on any atom is 0.233 e. The predicted octanol–water partition coefficient (Wildman–Crippen LogP) is 3.62. The Kier molecular flexibility index (Phi) is 7.19. The van der Waals surface area contributed by atoms with Gasteiger partial charge in [-0.05, 0) is 41.8 Å². The highest BCUT2D eigenvalue weighted by molar-refractivity contribution is 7.99. The third-order valence-electron chi connectivity index (χ3n) is 4.36. The molecule has 0 radical (unpaired) electrons. The average Bonchev–Trinajstić information content (AvgIpc) is 3.20. The van der Waals surface area contributed by atoms with E-state index in [1.165, 1.54) is 17.3 Å². The molecule has 1 heterocycles. The Morgan fingerprint density at radius 2 is 1.68 bits per heavy atom. The molecular formula is C21H25N5OS. The fourth-order valence-corrected chi connectivity index (χ4v) is 3.74. The SMILES string of the molecule is CC(C)n1nnnc1SCC(=O)N(CCc1ccccc1)Cc1ccccc1. The highest BCUT2D eigenvalue weighted by Gasteiger charge is 2.17. The molecule has 0 saturated carbocycles. The van der Waals surface area contributed by atoms with Crippen LogP contribution in [0.4, 0.5) is 0 Å². The van der Waals surface area contributed by atoms with Crippen LogP contribution < -0.4 is 0 Å². The number of thioether (sulfide) groups is 1. The maximum atomic E-state index is 13.0. The van der Waals surface area contributed by atoms with Crippen molar-refractivity contribution in [3.63, 3.8) is 0 Å². The second kappa shape index (κ2) is 10.0. The van der Waals surface area contributed by atoms with E-state index in [2.05, 4.69) is 39.8 Å². The first-order valence-corrected chi connectivity index (χ1v) is 10.4. The van der Waals surface area contributed by atoms with Crippen LogP contribution in [0.15, 0.2) is 65.8 Å². The van der Waals surface area contributed by atoms with Crippen LogP contribution in [0.1, 0.15) is 31.0 Å². The fourth-order valence-electron chi connectivity index (χ4n) is 2.83. The number of benzene rings is 2. The van der Waals surface area contributed by atoms with Gasteiger partial charge in [0.15, 0.2) is 0 Å². The van der Waals surface area contributed by atoms with E-state index in [0.717, 1.165) is 12.0 Å². The van der Waals surface area contributed by atoms with Gasteiger partial charge in [-0.2, -0.15) is 0 Å². The Morgan fingerprint density at radius 1 is 1.04 bits per heavy atom. The van der Waals surface area contributed by atoms with Gasteiger partial charge in [0.2, 0.25) is 11.1 Å². The number of tetrazole rings is 1. The molecule has 146 valence electrons. The minimum Gasteiger partial charge on any atom is -0.337 e. The van der Waals surface area contributed by atoms with Gasteiger partial charge in [0.05, 0.1) is 11.8 Å². The Hall–Kier alpha value is -2.67. The van der Waals surface area contributed by atoms with Gasteiger partial charge in [-0.1, -0.05) is 72.4 Å². The highest BCUT2D eigenvalue weighted by atomic mass is 32.2. The van der Waals surface area contributed by atoms with E-state index < -0.39 is 0 Å². The molecule has 2 aromatic carbocycles. The van der Waals surface area contributed by atoms with Crippen molar-refractivity contribution in [3.8, 4) is 0 Å². The van der Waals surface area contributed by atoms with Crippen molar-refractivity contribution in [3.05, 3.63) is 71.8 Å². The molecular weight excluding hydrogens is 370 g/mol. The van der Waals surface area contributed by atoms with E-state index >= 15 is 0 Å². The van der Waals surface area contributed by atoms with E-state index in [0.29, 0.717) is 24.0 Å². The molecule has 0 bridgehead atoms. The summed E-state index contributed by atoms with van der Waals surface area (Å²) >= 11 is 1.39. The van der Waals surface area contributed by atoms with E-state index in [9.17, 15) is 4.79 Å². The van der Waals surface area contributed by atoms with Crippen molar-refractivity contribution in [1.29, 1.82) is 0 Å². The van der Waals surface area contributed by atoms with Crippen LogP contribution in [0, 0.1) is 0 Å². The maximum absolute atomic E-state index is 13.0. The normalized spacial score (nSPS) is 11.0. The standard InChI is InChI=1S/C21H25N5OS/c1-17(2)26-21(22-23-24-26)28-16-20(27)25(15-19-11-7-4-8-12-19)14-13-18-9-5-3-6-10-18/h3-12,17H,13-16H2,1-2H3. The van der Waals surface area contributed by atoms with Crippen LogP contribution in [0.5, 0.6) is 0 Å². The van der Waals surface area contributed by atoms with Crippen molar-refractivity contribution in [2.45, 2.75) is 38.0 Å². The molecule has 7 heteroatoms. The van der Waals surface area contributed by atoms with E-state index in [1.807, 2.05) is 55.1 Å². The summed E-state index contributed by atoms with van der Waals surface area (Å²) in [5.74, 6) is 0.400. The molecule has 0 spiro atoms. The third kappa shape index (κ3) is 5.66. The van der Waals surface area contributed by atoms with Crippen LogP contribution in [-0.4, -0.2) is 43.3 Å². The van der Waals surface area contributed by atoms with Crippen molar-refractivity contribution in [2.24, 2.45) is 0 Å². The summed E-state index contributed by atoms with van der Waals surface area (Å²) in [6, 6.07) is 20.5. The number of rotatable bonds is 9. The van der Waals surface area contributed by atoms with Gasteiger partial charge >= 0.3 is 0 Å². The monoisotopic (exact) mass is 395 g/mol. The number of aromatic nitrogens is 4. The van der Waals surface area contributed by atoms with Gasteiger partial charge in [0.1, 0.15) is 0 Å². The zero-order valence-electron chi connectivity index (χ0n) is 16.2. The van der Waals surface area contributed by atoms with Gasteiger partial charge in [-0.25, -0.2) is 4.68 Å². The number of carbonyl (C=O) groups is 1. The zero-order valence-corrected chi connectivity index (χ0v) is 17.0. The molecule has 3 rings (SSSR count). The van der Waals surface area contributed by atoms with Crippen LogP contribution in [0.3, 0.4) is 0 Å². The van der Waals surface area contributed by atoms with Crippen LogP contribution in [-0.2, 0) is 17.8 Å². The van der Waals surface area contributed by atoms with Gasteiger partial charge in [-0.15, -0.1) is 5.10 Å². The van der Waals surface area contributed by atoms with Crippen molar-refractivity contribution < 1.29 is 4.79 Å². The lowest BCUT2D eigenvalue weighted by Gasteiger charge is -2.23. The lowest BCUT2D eigenvalue weighted by Crippen LogP contribution is -2.34. The fraction of sp³-hybridized carbons (Fsp3) is 0.333. The van der Waals surface area contributed by atoms with E-state index in [-0.39, 0.29) is 11.9 Å². The van der Waals surface area contributed by atoms with Gasteiger partial charge in [0, 0.05) is 13.1 Å². The van der Waals surface area contributed by atoms with Crippen LogP contribution in [0.2, 0.25) is 0 Å². The summed E-state index contributed by atoms with van der Waals surface area (Å²) in [5, 5.41) is 12.4. The molecule has 0 aliphatic rings. The molecule has 0 saturated heterocycles. The molecule has 1 aromatic heterocycles. The number of hydrogen-bond acceptors (Lipinski definition) is 5. The van der Waals surface area contributed by atoms with Crippen LogP contribution in [0.25, 0.3) is 0 Å². The van der Waals surface area contributed by atoms with Crippen LogP contribution >= 0.6 is 11.8 Å². The zero-order chi connectivity index (χ0) is 19.8. The van der Waals surface area contributed by atoms with Gasteiger partial charge in [-0.3, -0.25) is 4.79 Å². The van der Waals surface area contributed by atoms with Crippen molar-refractivity contribution >= 4 is 17.7 Å². The van der Waals surface area contributed by atoms with Crippen molar-refractivity contribution in [2.75, 3.05) is 12.3 Å². The predicted molar refractivity (Wildman–Crippen MR) is 111 cm³/mol. The lowest BCUT2D eigenvalue weighted by atomic mass is 10.1. The Balaban J connectivity index is 1.65. The molecule has 0 aliphatic carbocycles. The second-order valence-corrected chi connectivity index (χ2v) is 7.77. The third-order valence-corrected chi connectivity index (χ3v) is 5.28. The molecule has 0 N–H and O–H groups in total. The Labute approximate surface area is 169 Å². The number of amides is 1. The summed E-state index contributed by atoms with van der Waals surface area (Å²) in [5.41, 5.74) is 2.35. The smallest absolute Gasteiger partial charge is 0.233 e. The van der Waals surface area contributed by atoms with E-state index in [1.54, 1.807) is 4.68 Å². The van der Waals surface area contributed by atoms with Gasteiger partial charge < -0.3 is 4.90 Å². The number of hydrogen-bond donors (Lipinski definition) is 0. The molecule has 0 unspecified atom stereocenters. The molecule has 1 amide bonds. The summed E-state index contributed by atoms with van der Waals surface area (Å²) in [6.45, 7) is 5.31. The topological polar surface area (TPSA) is 63.9 Å². The number of nitrogens with zero attached hydrogens (tertiary/aromatic N) is 5. The minimum absolute atomic E-state index is 0.0862. The minimum atomic E-state index is 0.0862. The summed E-state index contributed by atoms with van der Waals surface area (Å²) in [6.07, 6.45) is 0.827. The van der Waals surface area contributed by atoms with Crippen molar-refractivity contribution in [1.82, 2.24) is 25.1 Å². The summed E-state index contributed by atoms with van der Waals surface area (Å²) in [4.78, 5) is 14.9. The first-order chi connectivity index (χ1) is 13.6. The Bertz CT molecular complexity index is 867. The molecule has 0 atom stereocenters. The lowest BCUT2D eigenvalue weighted by molar-refractivity contribution is -0.128.